The Morgan fingerprint density at radius 2 is 1.80 bits per heavy atom. The topological polar surface area (TPSA) is 79.2 Å². The molecule has 0 aromatic carbocycles. The van der Waals surface area contributed by atoms with Crippen LogP contribution in [0.5, 0.6) is 0 Å². The van der Waals surface area contributed by atoms with Crippen molar-refractivity contribution in [1.82, 2.24) is 0 Å². The molecule has 3 radical (unpaired) electrons. The van der Waals surface area contributed by atoms with E-state index >= 15 is 0 Å². The zero-order chi connectivity index (χ0) is 9.14. The van der Waals surface area contributed by atoms with Gasteiger partial charge in [-0.3, -0.25) is 0 Å². The number of aliphatic hydroxyl groups excluding tert-OH is 3. The molecule has 0 amide bonds. The molecular formula is C7H14Ac3O5. The van der Waals surface area contributed by atoms with Gasteiger partial charge in [-0.15, -0.1) is 0 Å². The number of hydrogen-bond acceptors (Lipinski definition) is 5. The van der Waals surface area contributed by atoms with Crippen molar-refractivity contribution in [1.29, 1.82) is 0 Å². The molecule has 81 valence electrons. The van der Waals surface area contributed by atoms with Gasteiger partial charge < -0.3 is 24.8 Å². The molecule has 1 heterocycles. The zero-order valence-electron chi connectivity index (χ0n) is 8.61. The van der Waals surface area contributed by atoms with E-state index in [0.717, 1.165) is 0 Å². The van der Waals surface area contributed by atoms with E-state index < -0.39 is 24.6 Å². The quantitative estimate of drug-likeness (QED) is 0.315. The number of aliphatic hydroxyl groups is 3. The molecule has 0 aromatic rings. The summed E-state index contributed by atoms with van der Waals surface area (Å²) in [5.74, 6) is 0. The van der Waals surface area contributed by atoms with E-state index in [1.54, 1.807) is 0 Å². The average molecular weight is 859 g/mol. The predicted molar refractivity (Wildman–Crippen MR) is 39.4 cm³/mol. The molecular weight excluding hydrogens is 845 g/mol. The fourth-order valence-electron chi connectivity index (χ4n) is 1.22. The average Bonchev–Trinajstić information content (AvgIpc) is 2.09. The second kappa shape index (κ2) is 13.1. The first kappa shape index (κ1) is 24.2. The van der Waals surface area contributed by atoms with Crippen molar-refractivity contribution >= 4 is 0 Å². The van der Waals surface area contributed by atoms with Crippen molar-refractivity contribution in [2.45, 2.75) is 31.0 Å². The van der Waals surface area contributed by atoms with Crippen LogP contribution in [0.3, 0.4) is 0 Å². The molecule has 3 N–H and O–H groups in total. The van der Waals surface area contributed by atoms with Crippen LogP contribution < -0.4 is 0 Å². The maximum atomic E-state index is 9.26. The van der Waals surface area contributed by atoms with E-state index in [-0.39, 0.29) is 145 Å². The van der Waals surface area contributed by atoms with Gasteiger partial charge in [-0.05, 0) is 0 Å². The van der Waals surface area contributed by atoms with Gasteiger partial charge in [0, 0.05) is 146 Å². The number of ether oxygens (including phenoxy) is 2. The Bertz CT molecular complexity index is 151. The van der Waals surface area contributed by atoms with E-state index in [1.807, 2.05) is 0 Å². The van der Waals surface area contributed by atoms with Crippen LogP contribution in [0.25, 0.3) is 0 Å². The van der Waals surface area contributed by atoms with E-state index in [9.17, 15) is 10.2 Å². The van der Waals surface area contributed by atoms with Crippen molar-refractivity contribution in [3.63, 3.8) is 0 Å². The fraction of sp³-hybridized carbons (Fsp3) is 1.00. The Balaban J connectivity index is -0.000000480. The Kier molecular flexibility index (Phi) is 21.1. The molecule has 1 fully saturated rings. The molecule has 0 spiro atoms. The molecule has 8 heteroatoms. The van der Waals surface area contributed by atoms with Crippen LogP contribution >= 0.6 is 0 Å². The van der Waals surface area contributed by atoms with Gasteiger partial charge in [-0.1, -0.05) is 0 Å². The Morgan fingerprint density at radius 3 is 2.20 bits per heavy atom. The Morgan fingerprint density at radius 1 is 1.27 bits per heavy atom. The minimum absolute atomic E-state index is 0. The van der Waals surface area contributed by atoms with Gasteiger partial charge in [-0.25, -0.2) is 0 Å². The van der Waals surface area contributed by atoms with Crippen molar-refractivity contribution < 1.29 is 157 Å². The SMILES string of the molecule is COC1CC(O)C(O)C(CO)O1.[Ac].[Ac].[Ac]. The summed E-state index contributed by atoms with van der Waals surface area (Å²) in [6, 6.07) is 0. The molecule has 0 saturated carbocycles. The molecule has 5 nitrogen and oxygen atoms in total. The van der Waals surface area contributed by atoms with E-state index in [1.165, 1.54) is 7.11 Å². The number of rotatable bonds is 2. The van der Waals surface area contributed by atoms with Gasteiger partial charge in [0.2, 0.25) is 0 Å². The fourth-order valence-corrected chi connectivity index (χ4v) is 1.22. The van der Waals surface area contributed by atoms with Gasteiger partial charge in [0.05, 0.1) is 12.7 Å². The minimum Gasteiger partial charge on any atom is -0.394 e. The number of hydrogen-bond donors (Lipinski definition) is 3. The van der Waals surface area contributed by atoms with E-state index in [4.69, 9.17) is 14.6 Å². The predicted octanol–water partition coefficient (Wildman–Crippen LogP) is -1.54. The van der Waals surface area contributed by atoms with Crippen molar-refractivity contribution in [2.24, 2.45) is 0 Å². The first-order valence-corrected chi connectivity index (χ1v) is 3.84. The molecule has 1 aliphatic heterocycles. The maximum Gasteiger partial charge on any atom is 0.160 e. The maximum absolute atomic E-state index is 9.26. The molecule has 15 heavy (non-hydrogen) atoms. The van der Waals surface area contributed by atoms with Gasteiger partial charge in [-0.2, -0.15) is 0 Å². The van der Waals surface area contributed by atoms with Crippen LogP contribution in [0.1, 0.15) is 6.42 Å². The molecule has 4 unspecified atom stereocenters. The van der Waals surface area contributed by atoms with E-state index in [0.29, 0.717) is 0 Å². The van der Waals surface area contributed by atoms with Gasteiger partial charge in [0.25, 0.3) is 0 Å². The standard InChI is InChI=1S/C7H14O5.3Ac/c1-11-6-2-4(9)7(10)5(3-8)12-6;;;/h4-10H,2-3H2,1H3;;;. The Hall–Kier alpha value is 4.12. The minimum atomic E-state index is -1.03. The van der Waals surface area contributed by atoms with Crippen LogP contribution in [0.2, 0.25) is 0 Å². The second-order valence-corrected chi connectivity index (χ2v) is 2.82. The second-order valence-electron chi connectivity index (χ2n) is 2.82. The first-order valence-electron chi connectivity index (χ1n) is 3.84. The van der Waals surface area contributed by atoms with Crippen LogP contribution in [-0.2, 0) is 9.47 Å². The molecule has 1 saturated heterocycles. The molecule has 4 atom stereocenters. The molecule has 1 aliphatic rings. The zero-order valence-corrected chi connectivity index (χ0v) is 22.9. The van der Waals surface area contributed by atoms with Gasteiger partial charge >= 0.3 is 0 Å². The van der Waals surface area contributed by atoms with Crippen LogP contribution in [0.15, 0.2) is 0 Å². The largest absolute Gasteiger partial charge is 0.394 e. The summed E-state index contributed by atoms with van der Waals surface area (Å²) in [5, 5.41) is 27.3. The summed E-state index contributed by atoms with van der Waals surface area (Å²) >= 11 is 0. The summed E-state index contributed by atoms with van der Waals surface area (Å²) in [7, 11) is 1.45. The van der Waals surface area contributed by atoms with Crippen LogP contribution in [-0.4, -0.2) is 53.6 Å². The van der Waals surface area contributed by atoms with Crippen molar-refractivity contribution in [2.75, 3.05) is 13.7 Å². The smallest absolute Gasteiger partial charge is 0.160 e. The van der Waals surface area contributed by atoms with Crippen LogP contribution in [0, 0.1) is 132 Å². The van der Waals surface area contributed by atoms with Crippen molar-refractivity contribution in [3.8, 4) is 0 Å². The van der Waals surface area contributed by atoms with Crippen molar-refractivity contribution in [3.05, 3.63) is 0 Å². The molecule has 1 rings (SSSR count). The summed E-state index contributed by atoms with van der Waals surface area (Å²) in [5.41, 5.74) is 0. The van der Waals surface area contributed by atoms with E-state index in [2.05, 4.69) is 0 Å². The summed E-state index contributed by atoms with van der Waals surface area (Å²) in [6.07, 6.45) is -2.98. The molecule has 0 aliphatic carbocycles. The third-order valence-corrected chi connectivity index (χ3v) is 1.98. The van der Waals surface area contributed by atoms with Crippen LogP contribution in [0.4, 0.5) is 0 Å². The first-order chi connectivity index (χ1) is 5.69. The third kappa shape index (κ3) is 8.10. The Labute approximate surface area is 197 Å². The normalized spacial score (nSPS) is 34.4. The van der Waals surface area contributed by atoms with Gasteiger partial charge in [0.15, 0.2) is 6.29 Å². The van der Waals surface area contributed by atoms with Gasteiger partial charge in [0.1, 0.15) is 12.2 Å². The third-order valence-electron chi connectivity index (χ3n) is 1.98. The summed E-state index contributed by atoms with van der Waals surface area (Å²) in [4.78, 5) is 0. The monoisotopic (exact) mass is 859 g/mol. The number of methoxy groups -OCH3 is 1. The summed E-state index contributed by atoms with van der Waals surface area (Å²) < 4.78 is 9.92. The molecule has 0 aromatic heterocycles. The molecule has 0 bridgehead atoms. The summed E-state index contributed by atoms with van der Waals surface area (Å²) in [6.45, 7) is -0.321.